The molecule has 2 aromatic carbocycles. The largest absolute Gasteiger partial charge is 0.469 e. The zero-order chi connectivity index (χ0) is 28.4. The van der Waals surface area contributed by atoms with Crippen molar-refractivity contribution in [2.75, 3.05) is 12.4 Å². The van der Waals surface area contributed by atoms with E-state index in [2.05, 4.69) is 43.4 Å². The number of nitrogens with zero attached hydrogens (tertiary/aromatic N) is 1. The molecular weight excluding hydrogens is 520 g/mol. The van der Waals surface area contributed by atoms with Crippen LogP contribution in [0.2, 0.25) is 0 Å². The summed E-state index contributed by atoms with van der Waals surface area (Å²) in [6.07, 6.45) is 6.52. The van der Waals surface area contributed by atoms with Crippen molar-refractivity contribution in [2.45, 2.75) is 78.2 Å². The van der Waals surface area contributed by atoms with E-state index < -0.39 is 0 Å². The number of carbonyl (C=O) groups excluding carboxylic acids is 2. The van der Waals surface area contributed by atoms with Crippen LogP contribution >= 0.6 is 11.3 Å². The zero-order valence-electron chi connectivity index (χ0n) is 24.0. The van der Waals surface area contributed by atoms with Crippen molar-refractivity contribution in [3.05, 3.63) is 85.0 Å². The molecule has 3 aromatic rings. The number of benzene rings is 2. The highest BCUT2D eigenvalue weighted by Crippen LogP contribution is 2.39. The Balaban J connectivity index is 1.35. The lowest BCUT2D eigenvalue weighted by Gasteiger charge is -2.24. The minimum atomic E-state index is -0.242. The number of esters is 1. The lowest BCUT2D eigenvalue weighted by molar-refractivity contribution is -0.145. The molecule has 1 heterocycles. The number of rotatable bonds is 9. The van der Waals surface area contributed by atoms with E-state index in [1.807, 2.05) is 29.7 Å². The number of nitrogens with one attached hydrogen (secondary N) is 1. The highest BCUT2D eigenvalue weighted by molar-refractivity contribution is 7.09. The summed E-state index contributed by atoms with van der Waals surface area (Å²) in [5, 5.41) is 3.25. The monoisotopic (exact) mass is 560 g/mol. The first-order valence-electron chi connectivity index (χ1n) is 14.5. The van der Waals surface area contributed by atoms with Crippen molar-refractivity contribution in [3.63, 3.8) is 0 Å². The molecular formula is C33H40N2O4S. The summed E-state index contributed by atoms with van der Waals surface area (Å²) in [5.74, 6) is 0.178. The highest BCUT2D eigenvalue weighted by atomic mass is 32.1. The minimum absolute atomic E-state index is 0.0118. The number of anilines is 1. The minimum Gasteiger partial charge on any atom is -0.469 e. The third-order valence-corrected chi connectivity index (χ3v) is 9.75. The molecule has 0 radical (unpaired) electrons. The van der Waals surface area contributed by atoms with Gasteiger partial charge >= 0.3 is 10.8 Å². The molecule has 7 heteroatoms. The summed E-state index contributed by atoms with van der Waals surface area (Å²) in [7, 11) is 1.43. The fourth-order valence-corrected chi connectivity index (χ4v) is 7.72. The quantitative estimate of drug-likeness (QED) is 0.313. The van der Waals surface area contributed by atoms with Crippen LogP contribution in [-0.2, 0) is 40.1 Å². The molecule has 1 N–H and O–H groups in total. The third kappa shape index (κ3) is 5.95. The maximum absolute atomic E-state index is 13.9. The fourth-order valence-electron chi connectivity index (χ4n) is 6.52. The molecule has 0 aliphatic heterocycles. The molecule has 1 amide bonds. The summed E-state index contributed by atoms with van der Waals surface area (Å²) in [5.41, 5.74) is 6.08. The molecule has 6 nitrogen and oxygen atoms in total. The van der Waals surface area contributed by atoms with Gasteiger partial charge in [-0.1, -0.05) is 74.4 Å². The Labute approximate surface area is 240 Å². The Morgan fingerprint density at radius 2 is 1.80 bits per heavy atom. The van der Waals surface area contributed by atoms with Crippen molar-refractivity contribution in [3.8, 4) is 0 Å². The summed E-state index contributed by atoms with van der Waals surface area (Å²) >= 11 is 1.36. The van der Waals surface area contributed by atoms with Gasteiger partial charge in [0.1, 0.15) is 0 Å². The van der Waals surface area contributed by atoms with Gasteiger partial charge in [0.25, 0.3) is 0 Å². The molecule has 2 atom stereocenters. The van der Waals surface area contributed by atoms with Gasteiger partial charge in [-0.2, -0.15) is 0 Å². The molecule has 40 heavy (non-hydrogen) atoms. The number of methoxy groups -OCH3 is 1. The van der Waals surface area contributed by atoms with Crippen LogP contribution in [0.4, 0.5) is 5.69 Å². The maximum Gasteiger partial charge on any atom is 0.309 e. The predicted octanol–water partition coefficient (Wildman–Crippen LogP) is 6.27. The van der Waals surface area contributed by atoms with E-state index in [1.54, 1.807) is 0 Å². The topological polar surface area (TPSA) is 77.4 Å². The van der Waals surface area contributed by atoms with Gasteiger partial charge in [0, 0.05) is 16.3 Å². The lowest BCUT2D eigenvalue weighted by Crippen LogP contribution is -2.27. The molecule has 1 aromatic heterocycles. The molecule has 212 valence electrons. The predicted molar refractivity (Wildman–Crippen MR) is 160 cm³/mol. The van der Waals surface area contributed by atoms with E-state index in [9.17, 15) is 14.4 Å². The van der Waals surface area contributed by atoms with Gasteiger partial charge in [0.2, 0.25) is 5.91 Å². The molecule has 2 unspecified atom stereocenters. The lowest BCUT2D eigenvalue weighted by atomic mass is 9.83. The van der Waals surface area contributed by atoms with E-state index >= 15 is 0 Å². The molecule has 0 saturated heterocycles. The van der Waals surface area contributed by atoms with Crippen molar-refractivity contribution in [1.29, 1.82) is 0 Å². The Hall–Kier alpha value is -3.19. The maximum atomic E-state index is 13.9. The van der Waals surface area contributed by atoms with Crippen LogP contribution < -0.4 is 10.2 Å². The van der Waals surface area contributed by atoms with Crippen LogP contribution in [-0.4, -0.2) is 23.6 Å². The van der Waals surface area contributed by atoms with Gasteiger partial charge in [0.05, 0.1) is 25.5 Å². The second-order valence-electron chi connectivity index (χ2n) is 11.9. The van der Waals surface area contributed by atoms with Gasteiger partial charge in [-0.25, -0.2) is 0 Å². The second-order valence-corrected chi connectivity index (χ2v) is 12.9. The van der Waals surface area contributed by atoms with Crippen LogP contribution in [0.1, 0.15) is 78.3 Å². The summed E-state index contributed by atoms with van der Waals surface area (Å²) in [4.78, 5) is 40.0. The van der Waals surface area contributed by atoms with E-state index in [-0.39, 0.29) is 28.6 Å². The number of amides is 1. The fraction of sp³-hybridized carbons (Fsp3) is 0.485. The highest BCUT2D eigenvalue weighted by Gasteiger charge is 2.34. The third-order valence-electron chi connectivity index (χ3n) is 8.65. The standard InChI is InChI=1S/C33H40N2O4S/c1-20(2)16-29-21(3)35(33(38)40-29)19-22-12-14-24(15-13-22)30(23-8-5-6-9-23)31(36)34-28-11-7-10-25-17-26(18-27(25)28)32(37)39-4/h7,10-15,20,23,26,30H,5-6,8-9,16-19H2,1-4H3,(H,34,36). The number of ether oxygens (including phenoxy) is 1. The number of fused-ring (bicyclic) bond motifs is 1. The van der Waals surface area contributed by atoms with E-state index in [0.29, 0.717) is 31.2 Å². The van der Waals surface area contributed by atoms with E-state index in [0.717, 1.165) is 65.7 Å². The average molecular weight is 561 g/mol. The SMILES string of the molecule is COC(=O)C1Cc2cccc(NC(=O)C(c3ccc(Cn4c(C)c(CC(C)C)sc4=O)cc3)C3CCCC3)c2C1. The van der Waals surface area contributed by atoms with Crippen LogP contribution in [0, 0.1) is 24.7 Å². The van der Waals surface area contributed by atoms with Gasteiger partial charge < -0.3 is 10.1 Å². The average Bonchev–Trinajstić information content (AvgIpc) is 3.67. The van der Waals surface area contributed by atoms with Crippen molar-refractivity contribution in [2.24, 2.45) is 17.8 Å². The molecule has 0 bridgehead atoms. The first-order valence-corrected chi connectivity index (χ1v) is 15.3. The summed E-state index contributed by atoms with van der Waals surface area (Å²) in [6, 6.07) is 14.2. The molecule has 1 fully saturated rings. The van der Waals surface area contributed by atoms with E-state index in [4.69, 9.17) is 4.74 Å². The normalized spacial score (nSPS) is 17.7. The van der Waals surface area contributed by atoms with Crippen molar-refractivity contribution >= 4 is 28.9 Å². The molecule has 1 saturated carbocycles. The Bertz CT molecular complexity index is 1430. The number of hydrogen-bond acceptors (Lipinski definition) is 5. The zero-order valence-corrected chi connectivity index (χ0v) is 24.8. The van der Waals surface area contributed by atoms with Gasteiger partial charge in [0.15, 0.2) is 0 Å². The van der Waals surface area contributed by atoms with Crippen molar-refractivity contribution < 1.29 is 14.3 Å². The van der Waals surface area contributed by atoms with Crippen LogP contribution in [0.25, 0.3) is 0 Å². The van der Waals surface area contributed by atoms with Gasteiger partial charge in [-0.15, -0.1) is 0 Å². The van der Waals surface area contributed by atoms with Crippen LogP contribution in [0.5, 0.6) is 0 Å². The Kier molecular flexibility index (Phi) is 8.60. The molecule has 0 spiro atoms. The number of thiazole rings is 1. The van der Waals surface area contributed by atoms with Crippen molar-refractivity contribution in [1.82, 2.24) is 4.57 Å². The number of carbonyl (C=O) groups is 2. The van der Waals surface area contributed by atoms with E-state index in [1.165, 1.54) is 23.3 Å². The Morgan fingerprint density at radius 1 is 1.07 bits per heavy atom. The molecule has 2 aliphatic carbocycles. The number of hydrogen-bond donors (Lipinski definition) is 1. The molecule has 2 aliphatic rings. The molecule has 5 rings (SSSR count). The second kappa shape index (κ2) is 12.1. The van der Waals surface area contributed by atoms with Gasteiger partial charge in [-0.3, -0.25) is 19.0 Å². The van der Waals surface area contributed by atoms with Gasteiger partial charge in [-0.05, 0) is 79.2 Å². The first kappa shape index (κ1) is 28.3. The van der Waals surface area contributed by atoms with Crippen LogP contribution in [0.3, 0.4) is 0 Å². The summed E-state index contributed by atoms with van der Waals surface area (Å²) in [6.45, 7) is 6.93. The Morgan fingerprint density at radius 3 is 2.48 bits per heavy atom. The number of aromatic nitrogens is 1. The van der Waals surface area contributed by atoms with Crippen LogP contribution in [0.15, 0.2) is 47.3 Å². The first-order chi connectivity index (χ1) is 19.2. The summed E-state index contributed by atoms with van der Waals surface area (Å²) < 4.78 is 6.85. The smallest absolute Gasteiger partial charge is 0.309 e.